The van der Waals surface area contributed by atoms with Gasteiger partial charge in [0.25, 0.3) is 6.43 Å². The zero-order valence-corrected chi connectivity index (χ0v) is 11.9. The molecule has 0 aliphatic rings. The molecule has 0 bridgehead atoms. The van der Waals surface area contributed by atoms with Gasteiger partial charge in [0.2, 0.25) is 0 Å². The van der Waals surface area contributed by atoms with Crippen LogP contribution in [0.4, 0.5) is 8.78 Å². The summed E-state index contributed by atoms with van der Waals surface area (Å²) in [4.78, 5) is 0. The average molecular weight is 289 g/mol. The van der Waals surface area contributed by atoms with Crippen LogP contribution in [0.1, 0.15) is 24.9 Å². The minimum absolute atomic E-state index is 0.136. The van der Waals surface area contributed by atoms with E-state index in [0.717, 1.165) is 5.56 Å². The molecule has 0 aromatic heterocycles. The van der Waals surface area contributed by atoms with Crippen molar-refractivity contribution in [2.45, 2.75) is 31.9 Å². The zero-order chi connectivity index (χ0) is 15.1. The Morgan fingerprint density at radius 1 is 1.20 bits per heavy atom. The van der Waals surface area contributed by atoms with Crippen molar-refractivity contribution in [1.29, 1.82) is 0 Å². The Kier molecular flexibility index (Phi) is 6.67. The van der Waals surface area contributed by atoms with E-state index in [9.17, 15) is 8.78 Å². The van der Waals surface area contributed by atoms with Crippen molar-refractivity contribution >= 4 is 0 Å². The molecule has 0 saturated carbocycles. The second-order valence-electron chi connectivity index (χ2n) is 4.39. The van der Waals surface area contributed by atoms with Crippen LogP contribution >= 0.6 is 0 Å². The van der Waals surface area contributed by atoms with E-state index in [2.05, 4.69) is 5.32 Å². The van der Waals surface area contributed by atoms with Gasteiger partial charge in [-0.1, -0.05) is 13.0 Å². The van der Waals surface area contributed by atoms with Crippen molar-refractivity contribution in [3.05, 3.63) is 23.8 Å². The molecule has 0 aliphatic heterocycles. The Hall–Kier alpha value is -1.40. The summed E-state index contributed by atoms with van der Waals surface area (Å²) in [5, 5.41) is 12.1. The SMILES string of the molecule is CCC(NCC(O)C(F)F)c1ccc(OC)c(OC)c1. The van der Waals surface area contributed by atoms with Crippen LogP contribution in [0.15, 0.2) is 18.2 Å². The Labute approximate surface area is 117 Å². The van der Waals surface area contributed by atoms with Gasteiger partial charge in [-0.3, -0.25) is 0 Å². The predicted octanol–water partition coefficient (Wildman–Crippen LogP) is 2.37. The van der Waals surface area contributed by atoms with Gasteiger partial charge in [-0.2, -0.15) is 0 Å². The first-order valence-electron chi connectivity index (χ1n) is 6.45. The molecule has 2 unspecified atom stereocenters. The van der Waals surface area contributed by atoms with Crippen molar-refractivity contribution in [3.63, 3.8) is 0 Å². The maximum absolute atomic E-state index is 12.3. The molecule has 0 aliphatic carbocycles. The van der Waals surface area contributed by atoms with Crippen LogP contribution in [0, 0.1) is 0 Å². The van der Waals surface area contributed by atoms with Crippen LogP contribution in [-0.4, -0.2) is 38.4 Å². The summed E-state index contributed by atoms with van der Waals surface area (Å²) in [6.45, 7) is 1.77. The molecule has 4 nitrogen and oxygen atoms in total. The highest BCUT2D eigenvalue weighted by Gasteiger charge is 2.19. The number of hydrogen-bond acceptors (Lipinski definition) is 4. The van der Waals surface area contributed by atoms with E-state index in [1.807, 2.05) is 13.0 Å². The van der Waals surface area contributed by atoms with Gasteiger partial charge < -0.3 is 19.9 Å². The van der Waals surface area contributed by atoms with Crippen LogP contribution < -0.4 is 14.8 Å². The minimum atomic E-state index is -2.74. The molecule has 114 valence electrons. The highest BCUT2D eigenvalue weighted by Crippen LogP contribution is 2.30. The Bertz CT molecular complexity index is 415. The van der Waals surface area contributed by atoms with Crippen LogP contribution in [0.2, 0.25) is 0 Å². The smallest absolute Gasteiger partial charge is 0.265 e. The van der Waals surface area contributed by atoms with Crippen molar-refractivity contribution in [3.8, 4) is 11.5 Å². The fourth-order valence-corrected chi connectivity index (χ4v) is 1.92. The van der Waals surface area contributed by atoms with Crippen LogP contribution in [0.3, 0.4) is 0 Å². The van der Waals surface area contributed by atoms with Gasteiger partial charge in [-0.15, -0.1) is 0 Å². The largest absolute Gasteiger partial charge is 0.493 e. The minimum Gasteiger partial charge on any atom is -0.493 e. The lowest BCUT2D eigenvalue weighted by Crippen LogP contribution is -2.34. The monoisotopic (exact) mass is 289 g/mol. The molecule has 1 aromatic rings. The van der Waals surface area contributed by atoms with Gasteiger partial charge >= 0.3 is 0 Å². The van der Waals surface area contributed by atoms with Crippen LogP contribution in [0.5, 0.6) is 11.5 Å². The number of benzene rings is 1. The molecule has 2 atom stereocenters. The van der Waals surface area contributed by atoms with Gasteiger partial charge in [-0.05, 0) is 24.1 Å². The molecular formula is C14H21F2NO3. The van der Waals surface area contributed by atoms with E-state index in [1.54, 1.807) is 19.2 Å². The third-order valence-corrected chi connectivity index (χ3v) is 3.08. The standard InChI is InChI=1S/C14H21F2NO3/c1-4-10(17-8-11(18)14(15)16)9-5-6-12(19-2)13(7-9)20-3/h5-7,10-11,14,17-18H,4,8H2,1-3H3. The van der Waals surface area contributed by atoms with Gasteiger partial charge in [0.05, 0.1) is 14.2 Å². The molecule has 0 saturated heterocycles. The van der Waals surface area contributed by atoms with Crippen molar-refractivity contribution in [1.82, 2.24) is 5.32 Å². The molecule has 20 heavy (non-hydrogen) atoms. The molecule has 6 heteroatoms. The maximum Gasteiger partial charge on any atom is 0.265 e. The molecule has 2 N–H and O–H groups in total. The first kappa shape index (κ1) is 16.7. The lowest BCUT2D eigenvalue weighted by molar-refractivity contribution is -0.00471. The van der Waals surface area contributed by atoms with E-state index >= 15 is 0 Å². The number of halogens is 2. The van der Waals surface area contributed by atoms with E-state index in [4.69, 9.17) is 14.6 Å². The quantitative estimate of drug-likeness (QED) is 0.771. The number of methoxy groups -OCH3 is 2. The van der Waals surface area contributed by atoms with Crippen LogP contribution in [-0.2, 0) is 0 Å². The third-order valence-electron chi connectivity index (χ3n) is 3.08. The molecule has 0 heterocycles. The summed E-state index contributed by atoms with van der Waals surface area (Å²) in [6.07, 6.45) is -3.71. The number of ether oxygens (including phenoxy) is 2. The number of alkyl halides is 2. The average Bonchev–Trinajstić information content (AvgIpc) is 2.47. The molecule has 0 spiro atoms. The third kappa shape index (κ3) is 4.31. The molecule has 1 aromatic carbocycles. The van der Waals surface area contributed by atoms with E-state index in [-0.39, 0.29) is 12.6 Å². The summed E-state index contributed by atoms with van der Waals surface area (Å²) in [6, 6.07) is 5.27. The second kappa shape index (κ2) is 8.01. The fraction of sp³-hybridized carbons (Fsp3) is 0.571. The zero-order valence-electron chi connectivity index (χ0n) is 11.9. The van der Waals surface area contributed by atoms with Gasteiger partial charge in [-0.25, -0.2) is 8.78 Å². The summed E-state index contributed by atoms with van der Waals surface area (Å²) in [7, 11) is 3.09. The van der Waals surface area contributed by atoms with Crippen LogP contribution in [0.25, 0.3) is 0 Å². The lowest BCUT2D eigenvalue weighted by atomic mass is 10.0. The normalized spacial score (nSPS) is 14.2. The summed E-state index contributed by atoms with van der Waals surface area (Å²) < 4.78 is 34.9. The van der Waals surface area contributed by atoms with Gasteiger partial charge in [0.15, 0.2) is 11.5 Å². The maximum atomic E-state index is 12.3. The Morgan fingerprint density at radius 3 is 2.35 bits per heavy atom. The van der Waals surface area contributed by atoms with Gasteiger partial charge in [0, 0.05) is 12.6 Å². The molecule has 0 radical (unpaired) electrons. The summed E-state index contributed by atoms with van der Waals surface area (Å²) in [5.41, 5.74) is 0.895. The number of nitrogens with one attached hydrogen (secondary N) is 1. The molecular weight excluding hydrogens is 268 g/mol. The fourth-order valence-electron chi connectivity index (χ4n) is 1.92. The molecule has 0 amide bonds. The first-order valence-corrected chi connectivity index (χ1v) is 6.45. The topological polar surface area (TPSA) is 50.7 Å². The lowest BCUT2D eigenvalue weighted by Gasteiger charge is -2.20. The van der Waals surface area contributed by atoms with Crippen molar-refractivity contribution < 1.29 is 23.4 Å². The van der Waals surface area contributed by atoms with E-state index < -0.39 is 12.5 Å². The second-order valence-corrected chi connectivity index (χ2v) is 4.39. The summed E-state index contributed by atoms with van der Waals surface area (Å²) >= 11 is 0. The summed E-state index contributed by atoms with van der Waals surface area (Å²) in [5.74, 6) is 1.19. The number of rotatable bonds is 8. The number of aliphatic hydroxyl groups is 1. The van der Waals surface area contributed by atoms with Crippen molar-refractivity contribution in [2.24, 2.45) is 0 Å². The number of aliphatic hydroxyl groups excluding tert-OH is 1. The number of hydrogen-bond donors (Lipinski definition) is 2. The highest BCUT2D eigenvalue weighted by molar-refractivity contribution is 5.43. The first-order chi connectivity index (χ1) is 9.53. The van der Waals surface area contributed by atoms with E-state index in [0.29, 0.717) is 17.9 Å². The highest BCUT2D eigenvalue weighted by atomic mass is 19.3. The predicted molar refractivity (Wildman–Crippen MR) is 72.6 cm³/mol. The Morgan fingerprint density at radius 2 is 1.85 bits per heavy atom. The molecule has 1 rings (SSSR count). The molecule has 0 fully saturated rings. The Balaban J connectivity index is 2.79. The van der Waals surface area contributed by atoms with Crippen molar-refractivity contribution in [2.75, 3.05) is 20.8 Å². The van der Waals surface area contributed by atoms with Gasteiger partial charge in [0.1, 0.15) is 6.10 Å². The van der Waals surface area contributed by atoms with E-state index in [1.165, 1.54) is 7.11 Å².